The number of hydrogen-bond donors (Lipinski definition) is 6. The molecule has 0 saturated carbocycles. The summed E-state index contributed by atoms with van der Waals surface area (Å²) in [6.45, 7) is 10.5. The standard InChI is InChI=1S/C46H56N12O4/c1-5-15-59-37-27-11-9-12-28(37)20-32-24-36(52-46-57-43(49)54-44(50)58-46)26-34(40(32)62-18-8-4)22-30-14-10-13-29(38(30)60-16-6-2)21-33-25-35(23-31(19-27)39(33)61-17-7-3)51-45-55-41(47)53-42(48)56-45/h9-14,23-26H,5-8,15-22H2,1-4H3,(H5,47,48,51,53,55,56)(H5,49,50,52,54,57,58). The van der Waals surface area contributed by atoms with E-state index in [2.05, 4.69) is 129 Å². The van der Waals surface area contributed by atoms with Crippen LogP contribution in [0.4, 0.5) is 47.1 Å². The number of para-hydroxylation sites is 2. The van der Waals surface area contributed by atoms with E-state index in [-0.39, 0.29) is 35.7 Å². The summed E-state index contributed by atoms with van der Waals surface area (Å²) in [5.74, 6) is 3.75. The molecule has 1 aliphatic rings. The van der Waals surface area contributed by atoms with Gasteiger partial charge in [0.05, 0.1) is 26.4 Å². The Labute approximate surface area is 362 Å². The third kappa shape index (κ3) is 10.4. The maximum Gasteiger partial charge on any atom is 0.233 e. The molecule has 0 unspecified atom stereocenters. The average Bonchev–Trinajstić information content (AvgIpc) is 3.21. The second-order valence-corrected chi connectivity index (χ2v) is 15.2. The zero-order valence-corrected chi connectivity index (χ0v) is 35.9. The van der Waals surface area contributed by atoms with Gasteiger partial charge in [0.15, 0.2) is 0 Å². The Hall–Kier alpha value is -7.10. The van der Waals surface area contributed by atoms with E-state index < -0.39 is 0 Å². The lowest BCUT2D eigenvalue weighted by molar-refractivity contribution is 0.304. The lowest BCUT2D eigenvalue weighted by Crippen LogP contribution is -2.11. The van der Waals surface area contributed by atoms with Crippen molar-refractivity contribution < 1.29 is 18.9 Å². The van der Waals surface area contributed by atoms with Crippen LogP contribution in [-0.2, 0) is 25.7 Å². The fourth-order valence-electron chi connectivity index (χ4n) is 7.58. The summed E-state index contributed by atoms with van der Waals surface area (Å²) < 4.78 is 26.8. The molecule has 8 bridgehead atoms. The van der Waals surface area contributed by atoms with E-state index in [4.69, 9.17) is 41.9 Å². The number of nitrogens with zero attached hydrogens (tertiary/aromatic N) is 6. The SMILES string of the molecule is CCCOc1c2cccc1Cc1cc(Nc3nc(N)nc(N)n3)cc(c1OCCC)Cc1cccc(c1OCCC)Cc1cc(Nc3nc(N)nc(N)n3)cc(c1OCCC)C2. The minimum Gasteiger partial charge on any atom is -0.493 e. The summed E-state index contributed by atoms with van der Waals surface area (Å²) in [6.07, 6.45) is 5.27. The second-order valence-electron chi connectivity index (χ2n) is 15.2. The largest absolute Gasteiger partial charge is 0.493 e. The van der Waals surface area contributed by atoms with Crippen LogP contribution < -0.4 is 52.5 Å². The Bertz CT molecular complexity index is 2210. The van der Waals surface area contributed by atoms with E-state index in [1.165, 1.54) is 0 Å². The van der Waals surface area contributed by atoms with Crippen molar-refractivity contribution >= 4 is 47.1 Å². The molecule has 324 valence electrons. The molecular weight excluding hydrogens is 785 g/mol. The maximum atomic E-state index is 6.71. The van der Waals surface area contributed by atoms with Crippen molar-refractivity contribution in [3.05, 3.63) is 105 Å². The Morgan fingerprint density at radius 1 is 0.403 bits per heavy atom. The number of fused-ring (bicyclic) bond motifs is 8. The highest BCUT2D eigenvalue weighted by molar-refractivity contribution is 5.66. The first-order valence-corrected chi connectivity index (χ1v) is 21.3. The van der Waals surface area contributed by atoms with Gasteiger partial charge >= 0.3 is 0 Å². The number of nitrogen functional groups attached to an aromatic ring is 4. The molecule has 16 heteroatoms. The second kappa shape index (κ2) is 20.0. The molecule has 0 atom stereocenters. The van der Waals surface area contributed by atoms with Crippen LogP contribution in [0.15, 0.2) is 60.7 Å². The van der Waals surface area contributed by atoms with Gasteiger partial charge in [0.25, 0.3) is 0 Å². The Morgan fingerprint density at radius 3 is 0.919 bits per heavy atom. The van der Waals surface area contributed by atoms with E-state index in [0.29, 0.717) is 52.1 Å². The molecule has 1 aliphatic carbocycles. The van der Waals surface area contributed by atoms with E-state index in [1.807, 2.05) is 0 Å². The van der Waals surface area contributed by atoms with Crippen LogP contribution in [-0.4, -0.2) is 56.3 Å². The summed E-state index contributed by atoms with van der Waals surface area (Å²) in [4.78, 5) is 25.2. The molecule has 62 heavy (non-hydrogen) atoms. The zero-order chi connectivity index (χ0) is 43.6. The van der Waals surface area contributed by atoms with E-state index in [9.17, 15) is 0 Å². The van der Waals surface area contributed by atoms with Gasteiger partial charge in [-0.2, -0.15) is 29.9 Å². The molecule has 4 aromatic carbocycles. The van der Waals surface area contributed by atoms with Crippen molar-refractivity contribution in [1.82, 2.24) is 29.9 Å². The van der Waals surface area contributed by atoms with Gasteiger partial charge in [-0.25, -0.2) is 0 Å². The van der Waals surface area contributed by atoms with Gasteiger partial charge in [-0.05, 0) is 72.2 Å². The molecule has 2 heterocycles. The molecule has 0 spiro atoms. The summed E-state index contributed by atoms with van der Waals surface area (Å²) in [6, 6.07) is 20.9. The average molecular weight is 841 g/mol. The Morgan fingerprint density at radius 2 is 0.661 bits per heavy atom. The van der Waals surface area contributed by atoms with Crippen LogP contribution >= 0.6 is 0 Å². The van der Waals surface area contributed by atoms with Gasteiger partial charge in [-0.1, -0.05) is 64.1 Å². The van der Waals surface area contributed by atoms with Crippen molar-refractivity contribution in [3.63, 3.8) is 0 Å². The first-order valence-electron chi connectivity index (χ1n) is 21.3. The highest BCUT2D eigenvalue weighted by Crippen LogP contribution is 2.41. The van der Waals surface area contributed by atoms with Crippen molar-refractivity contribution in [2.75, 3.05) is 60.0 Å². The molecule has 0 saturated heterocycles. The summed E-state index contributed by atoms with van der Waals surface area (Å²) in [5.41, 5.74) is 33.2. The smallest absolute Gasteiger partial charge is 0.233 e. The summed E-state index contributed by atoms with van der Waals surface area (Å²) >= 11 is 0. The molecule has 6 aromatic rings. The number of anilines is 8. The number of rotatable bonds is 16. The topological polar surface area (TPSA) is 242 Å². The molecule has 0 amide bonds. The van der Waals surface area contributed by atoms with Crippen molar-refractivity contribution in [2.24, 2.45) is 0 Å². The highest BCUT2D eigenvalue weighted by atomic mass is 16.5. The fourth-order valence-corrected chi connectivity index (χ4v) is 7.58. The van der Waals surface area contributed by atoms with Gasteiger partial charge in [0, 0.05) is 59.3 Å². The fraction of sp³-hybridized carbons (Fsp3) is 0.348. The monoisotopic (exact) mass is 840 g/mol. The van der Waals surface area contributed by atoms with E-state index in [0.717, 1.165) is 105 Å². The van der Waals surface area contributed by atoms with E-state index in [1.54, 1.807) is 0 Å². The predicted molar refractivity (Wildman–Crippen MR) is 244 cm³/mol. The predicted octanol–water partition coefficient (Wildman–Crippen LogP) is 7.70. The quantitative estimate of drug-likeness (QED) is 0.0546. The van der Waals surface area contributed by atoms with E-state index >= 15 is 0 Å². The lowest BCUT2D eigenvalue weighted by Gasteiger charge is -2.24. The molecule has 16 nitrogen and oxygen atoms in total. The first kappa shape index (κ1) is 43.0. The molecule has 10 N–H and O–H groups in total. The zero-order valence-electron chi connectivity index (χ0n) is 35.9. The Balaban J connectivity index is 1.48. The molecule has 0 radical (unpaired) electrons. The van der Waals surface area contributed by atoms with Gasteiger partial charge < -0.3 is 52.5 Å². The van der Waals surface area contributed by atoms with Crippen LogP contribution in [0.1, 0.15) is 97.9 Å². The van der Waals surface area contributed by atoms with Crippen molar-refractivity contribution in [2.45, 2.75) is 79.1 Å². The number of nitrogens with two attached hydrogens (primary N) is 4. The molecule has 0 aliphatic heterocycles. The highest BCUT2D eigenvalue weighted by Gasteiger charge is 2.24. The van der Waals surface area contributed by atoms with Crippen LogP contribution in [0.2, 0.25) is 0 Å². The van der Waals surface area contributed by atoms with Crippen molar-refractivity contribution in [1.29, 1.82) is 0 Å². The number of ether oxygens (including phenoxy) is 4. The third-order valence-electron chi connectivity index (χ3n) is 10.0. The lowest BCUT2D eigenvalue weighted by atomic mass is 9.90. The van der Waals surface area contributed by atoms with Crippen LogP contribution in [0.25, 0.3) is 0 Å². The summed E-state index contributed by atoms with van der Waals surface area (Å²) in [7, 11) is 0. The number of benzene rings is 4. The normalized spacial score (nSPS) is 12.1. The minimum atomic E-state index is 0.0185. The molecule has 0 fully saturated rings. The van der Waals surface area contributed by atoms with Crippen LogP contribution in [0.5, 0.6) is 23.0 Å². The number of hydrogen-bond acceptors (Lipinski definition) is 16. The summed E-state index contributed by atoms with van der Waals surface area (Å²) in [5, 5.41) is 6.70. The van der Waals surface area contributed by atoms with Crippen LogP contribution in [0, 0.1) is 0 Å². The number of nitrogens with one attached hydrogen (secondary N) is 2. The Kier molecular flexibility index (Phi) is 13.9. The molecule has 2 aromatic heterocycles. The minimum absolute atomic E-state index is 0.0185. The van der Waals surface area contributed by atoms with Crippen molar-refractivity contribution in [3.8, 4) is 23.0 Å². The number of aromatic nitrogens is 6. The van der Waals surface area contributed by atoms with Crippen LogP contribution in [0.3, 0.4) is 0 Å². The van der Waals surface area contributed by atoms with Gasteiger partial charge in [-0.3, -0.25) is 0 Å². The third-order valence-corrected chi connectivity index (χ3v) is 10.0. The molecular formula is C46H56N12O4. The van der Waals surface area contributed by atoms with Gasteiger partial charge in [0.1, 0.15) is 23.0 Å². The first-order chi connectivity index (χ1) is 30.1. The maximum absolute atomic E-state index is 6.71. The van der Waals surface area contributed by atoms with Gasteiger partial charge in [0.2, 0.25) is 35.7 Å². The molecule has 7 rings (SSSR count). The van der Waals surface area contributed by atoms with Gasteiger partial charge in [-0.15, -0.1) is 0 Å².